The van der Waals surface area contributed by atoms with Crippen LogP contribution in [0.15, 0.2) is 243 Å². The van der Waals surface area contributed by atoms with Crippen molar-refractivity contribution in [1.29, 1.82) is 0 Å². The summed E-state index contributed by atoms with van der Waals surface area (Å²) in [4.78, 5) is 4.89. The molecule has 2 heteroatoms. The van der Waals surface area contributed by atoms with Crippen LogP contribution in [0.25, 0.3) is 44.5 Å². The van der Waals surface area contributed by atoms with Crippen LogP contribution in [0, 0.1) is 0 Å². The lowest BCUT2D eigenvalue weighted by Crippen LogP contribution is -2.35. The van der Waals surface area contributed by atoms with E-state index in [1.807, 2.05) is 0 Å². The fraction of sp³-hybridized carbons (Fsp3) is 0.0625. The number of anilines is 6. The minimum atomic E-state index is -0.512. The summed E-state index contributed by atoms with van der Waals surface area (Å²) >= 11 is 0. The Morgan fingerprint density at radius 1 is 0.333 bits per heavy atom. The normalized spacial score (nSPS) is 15.6. The predicted molar refractivity (Wildman–Crippen MR) is 275 cm³/mol. The summed E-state index contributed by atoms with van der Waals surface area (Å²) in [6.07, 6.45) is 0. The van der Waals surface area contributed by atoms with Crippen LogP contribution in [-0.4, -0.2) is 0 Å². The number of benzene rings is 10. The van der Waals surface area contributed by atoms with Crippen molar-refractivity contribution in [2.75, 3.05) is 9.80 Å². The van der Waals surface area contributed by atoms with Crippen molar-refractivity contribution in [2.45, 2.75) is 24.7 Å². The van der Waals surface area contributed by atoms with Gasteiger partial charge in [-0.25, -0.2) is 0 Å². The molecule has 0 saturated carbocycles. The molecule has 0 N–H and O–H groups in total. The van der Waals surface area contributed by atoms with E-state index >= 15 is 0 Å². The Kier molecular flexibility index (Phi) is 8.51. The molecule has 13 rings (SSSR count). The van der Waals surface area contributed by atoms with E-state index in [0.29, 0.717) is 0 Å². The molecule has 10 aromatic rings. The summed E-state index contributed by atoms with van der Waals surface area (Å²) in [6, 6.07) is 89.9. The zero-order valence-corrected chi connectivity index (χ0v) is 37.0. The van der Waals surface area contributed by atoms with Gasteiger partial charge >= 0.3 is 0 Å². The lowest BCUT2D eigenvalue weighted by Gasteiger charge is -2.44. The maximum atomic E-state index is 2.48. The Hall–Kier alpha value is -8.20. The standard InChI is InChI=1S/C64H46N2/c1-63(2)56-28-13-12-26-52(56)53-39-37-51(42-58(53)63)65(50-25-16-20-45(40-50)43-18-6-3-7-19-43)49-35-32-44(33-36-49)46-34-38-54-55-27-17-31-61-62(55)64(59(54)41-46,47-21-8-4-9-22-47)57-29-14-15-30-60(57)66(61)48-23-10-5-11-24-48/h3-42H,1-2H3. The molecule has 0 saturated heterocycles. The third-order valence-corrected chi connectivity index (χ3v) is 14.6. The Bertz CT molecular complexity index is 3500. The number of nitrogens with zero attached hydrogens (tertiary/aromatic N) is 2. The molecule has 0 radical (unpaired) electrons. The van der Waals surface area contributed by atoms with Crippen LogP contribution in [0.2, 0.25) is 0 Å². The third-order valence-electron chi connectivity index (χ3n) is 14.6. The van der Waals surface area contributed by atoms with Gasteiger partial charge < -0.3 is 9.80 Å². The van der Waals surface area contributed by atoms with Gasteiger partial charge in [-0.2, -0.15) is 0 Å². The first kappa shape index (κ1) is 38.3. The first-order valence-electron chi connectivity index (χ1n) is 23.1. The first-order chi connectivity index (χ1) is 32.5. The highest BCUT2D eigenvalue weighted by molar-refractivity contribution is 6.00. The second kappa shape index (κ2) is 14.7. The lowest BCUT2D eigenvalue weighted by atomic mass is 9.64. The monoisotopic (exact) mass is 842 g/mol. The van der Waals surface area contributed by atoms with Crippen LogP contribution in [0.3, 0.4) is 0 Å². The largest absolute Gasteiger partial charge is 0.310 e. The van der Waals surface area contributed by atoms with E-state index < -0.39 is 5.41 Å². The van der Waals surface area contributed by atoms with E-state index in [-0.39, 0.29) is 5.41 Å². The van der Waals surface area contributed by atoms with Crippen molar-refractivity contribution in [3.8, 4) is 44.5 Å². The van der Waals surface area contributed by atoms with Gasteiger partial charge in [0.05, 0.1) is 16.8 Å². The summed E-state index contributed by atoms with van der Waals surface area (Å²) in [5.74, 6) is 0. The zero-order valence-electron chi connectivity index (χ0n) is 37.0. The Morgan fingerprint density at radius 3 is 1.67 bits per heavy atom. The molecule has 3 aliphatic rings. The predicted octanol–water partition coefficient (Wildman–Crippen LogP) is 16.9. The molecule has 1 aliphatic heterocycles. The maximum Gasteiger partial charge on any atom is 0.0754 e. The molecule has 0 fully saturated rings. The van der Waals surface area contributed by atoms with Gasteiger partial charge in [0.1, 0.15) is 0 Å². The minimum absolute atomic E-state index is 0.118. The molecule has 0 bridgehead atoms. The number of para-hydroxylation sites is 2. The quantitative estimate of drug-likeness (QED) is 0.158. The highest BCUT2D eigenvalue weighted by Gasteiger charge is 2.52. The average molecular weight is 843 g/mol. The summed E-state index contributed by atoms with van der Waals surface area (Å²) in [6.45, 7) is 4.72. The van der Waals surface area contributed by atoms with Crippen LogP contribution < -0.4 is 9.80 Å². The fourth-order valence-electron chi connectivity index (χ4n) is 11.7. The average Bonchev–Trinajstić information content (AvgIpc) is 3.81. The third kappa shape index (κ3) is 5.55. The van der Waals surface area contributed by atoms with Crippen LogP contribution >= 0.6 is 0 Å². The molecule has 0 amide bonds. The van der Waals surface area contributed by atoms with Crippen LogP contribution in [0.4, 0.5) is 34.1 Å². The van der Waals surface area contributed by atoms with Gasteiger partial charge in [-0.1, -0.05) is 190 Å². The van der Waals surface area contributed by atoms with E-state index in [1.165, 1.54) is 89.3 Å². The second-order valence-corrected chi connectivity index (χ2v) is 18.5. The van der Waals surface area contributed by atoms with Gasteiger partial charge in [0.15, 0.2) is 0 Å². The van der Waals surface area contributed by atoms with E-state index in [1.54, 1.807) is 0 Å². The second-order valence-electron chi connectivity index (χ2n) is 18.5. The molecule has 2 aliphatic carbocycles. The number of hydrogen-bond donors (Lipinski definition) is 0. The van der Waals surface area contributed by atoms with Crippen molar-refractivity contribution in [3.05, 3.63) is 276 Å². The smallest absolute Gasteiger partial charge is 0.0754 e. The molecule has 0 spiro atoms. The van der Waals surface area contributed by atoms with E-state index in [4.69, 9.17) is 0 Å². The van der Waals surface area contributed by atoms with Crippen molar-refractivity contribution in [1.82, 2.24) is 0 Å². The highest BCUT2D eigenvalue weighted by atomic mass is 15.2. The van der Waals surface area contributed by atoms with E-state index in [0.717, 1.165) is 22.7 Å². The lowest BCUT2D eigenvalue weighted by molar-refractivity contribution is 0.660. The van der Waals surface area contributed by atoms with Crippen LogP contribution in [0.5, 0.6) is 0 Å². The molecular formula is C64H46N2. The molecule has 2 nitrogen and oxygen atoms in total. The minimum Gasteiger partial charge on any atom is -0.310 e. The summed E-state index contributed by atoms with van der Waals surface area (Å²) in [5.41, 5.74) is 24.3. The SMILES string of the molecule is CC1(C)c2ccccc2-c2ccc(N(c3ccc(-c4ccc5c(c4)C4(c6ccccc6)c6ccccc6N(c6ccccc6)c6cccc-5c64)cc3)c3cccc(-c4ccccc4)c3)cc21. The zero-order chi connectivity index (χ0) is 44.0. The summed E-state index contributed by atoms with van der Waals surface area (Å²) < 4.78 is 0. The fourth-order valence-corrected chi connectivity index (χ4v) is 11.7. The van der Waals surface area contributed by atoms with Gasteiger partial charge in [-0.3, -0.25) is 0 Å². The van der Waals surface area contributed by atoms with Crippen LogP contribution in [0.1, 0.15) is 47.2 Å². The van der Waals surface area contributed by atoms with Gasteiger partial charge in [0.25, 0.3) is 0 Å². The summed E-state index contributed by atoms with van der Waals surface area (Å²) in [7, 11) is 0. The number of hydrogen-bond acceptors (Lipinski definition) is 2. The van der Waals surface area contributed by atoms with Crippen molar-refractivity contribution < 1.29 is 0 Å². The highest BCUT2D eigenvalue weighted by Crippen LogP contribution is 2.65. The molecule has 1 heterocycles. The summed E-state index contributed by atoms with van der Waals surface area (Å²) in [5, 5.41) is 0. The Morgan fingerprint density at radius 2 is 0.864 bits per heavy atom. The van der Waals surface area contributed by atoms with Gasteiger partial charge in [0.2, 0.25) is 0 Å². The molecule has 1 atom stereocenters. The Labute approximate surface area is 387 Å². The van der Waals surface area contributed by atoms with E-state index in [9.17, 15) is 0 Å². The van der Waals surface area contributed by atoms with Crippen molar-refractivity contribution in [2.24, 2.45) is 0 Å². The Balaban J connectivity index is 0.960. The molecule has 66 heavy (non-hydrogen) atoms. The van der Waals surface area contributed by atoms with Crippen molar-refractivity contribution in [3.63, 3.8) is 0 Å². The molecular weight excluding hydrogens is 797 g/mol. The van der Waals surface area contributed by atoms with Gasteiger partial charge in [-0.05, 0) is 139 Å². The first-order valence-corrected chi connectivity index (χ1v) is 23.1. The number of rotatable bonds is 7. The maximum absolute atomic E-state index is 2.48. The van der Waals surface area contributed by atoms with Gasteiger partial charge in [-0.15, -0.1) is 0 Å². The van der Waals surface area contributed by atoms with E-state index in [2.05, 4.69) is 266 Å². The number of fused-ring (bicyclic) bond motifs is 8. The topological polar surface area (TPSA) is 6.48 Å². The molecule has 0 aromatic heterocycles. The van der Waals surface area contributed by atoms with Crippen molar-refractivity contribution >= 4 is 34.1 Å². The van der Waals surface area contributed by atoms with Crippen LogP contribution in [-0.2, 0) is 10.8 Å². The van der Waals surface area contributed by atoms with Gasteiger partial charge in [0, 0.05) is 33.7 Å². The molecule has 312 valence electrons. The molecule has 1 unspecified atom stereocenters. The molecule has 10 aromatic carbocycles.